The fraction of sp³-hybridized carbons (Fsp3) is 0.615. The minimum Gasteiger partial charge on any atom is -0.493 e. The molecule has 0 aromatic carbocycles. The van der Waals surface area contributed by atoms with Crippen LogP contribution in [0.5, 0.6) is 5.75 Å². The SMILES string of the molecule is Cc1cc(OCC2CCOCC2)c(CO)cn1. The van der Waals surface area contributed by atoms with Crippen LogP contribution in [0.4, 0.5) is 0 Å². The first-order valence-electron chi connectivity index (χ1n) is 6.06. The summed E-state index contributed by atoms with van der Waals surface area (Å²) < 4.78 is 11.1. The van der Waals surface area contributed by atoms with Crippen LogP contribution in [0, 0.1) is 12.8 Å². The Kier molecular flexibility index (Phi) is 4.34. The van der Waals surface area contributed by atoms with Crippen molar-refractivity contribution in [3.8, 4) is 5.75 Å². The van der Waals surface area contributed by atoms with Crippen molar-refractivity contribution in [2.75, 3.05) is 19.8 Å². The molecule has 0 bridgehead atoms. The zero-order valence-electron chi connectivity index (χ0n) is 10.2. The van der Waals surface area contributed by atoms with Gasteiger partial charge in [-0.1, -0.05) is 0 Å². The molecule has 1 aromatic rings. The Morgan fingerprint density at radius 2 is 2.24 bits per heavy atom. The van der Waals surface area contributed by atoms with Crippen LogP contribution < -0.4 is 4.74 Å². The van der Waals surface area contributed by atoms with E-state index in [2.05, 4.69) is 4.98 Å². The number of aliphatic hydroxyl groups is 1. The van der Waals surface area contributed by atoms with Gasteiger partial charge in [0, 0.05) is 36.7 Å². The third-order valence-corrected chi connectivity index (χ3v) is 3.07. The zero-order chi connectivity index (χ0) is 12.1. The fourth-order valence-corrected chi connectivity index (χ4v) is 1.94. The Morgan fingerprint density at radius 3 is 2.94 bits per heavy atom. The van der Waals surface area contributed by atoms with Gasteiger partial charge in [-0.2, -0.15) is 0 Å². The average molecular weight is 237 g/mol. The van der Waals surface area contributed by atoms with Gasteiger partial charge in [0.25, 0.3) is 0 Å². The van der Waals surface area contributed by atoms with Crippen molar-refractivity contribution in [2.45, 2.75) is 26.4 Å². The highest BCUT2D eigenvalue weighted by Crippen LogP contribution is 2.21. The van der Waals surface area contributed by atoms with Crippen molar-refractivity contribution in [1.82, 2.24) is 4.98 Å². The molecule has 94 valence electrons. The molecule has 0 aliphatic carbocycles. The number of aryl methyl sites for hydroxylation is 1. The lowest BCUT2D eigenvalue weighted by molar-refractivity contribution is 0.0494. The Morgan fingerprint density at radius 1 is 1.47 bits per heavy atom. The molecule has 4 heteroatoms. The molecule has 1 aliphatic rings. The average Bonchev–Trinajstić information content (AvgIpc) is 2.38. The number of hydrogen-bond acceptors (Lipinski definition) is 4. The highest BCUT2D eigenvalue weighted by Gasteiger charge is 2.15. The van der Waals surface area contributed by atoms with Crippen molar-refractivity contribution in [3.63, 3.8) is 0 Å². The lowest BCUT2D eigenvalue weighted by Gasteiger charge is -2.22. The maximum absolute atomic E-state index is 9.21. The van der Waals surface area contributed by atoms with E-state index in [-0.39, 0.29) is 6.61 Å². The summed E-state index contributed by atoms with van der Waals surface area (Å²) in [6.45, 7) is 4.24. The Labute approximate surface area is 102 Å². The predicted molar refractivity (Wildman–Crippen MR) is 63.9 cm³/mol. The first kappa shape index (κ1) is 12.3. The molecule has 1 fully saturated rings. The number of aromatic nitrogens is 1. The molecule has 2 rings (SSSR count). The van der Waals surface area contributed by atoms with Gasteiger partial charge in [0.1, 0.15) is 5.75 Å². The number of ether oxygens (including phenoxy) is 2. The summed E-state index contributed by atoms with van der Waals surface area (Å²) in [6.07, 6.45) is 3.78. The topological polar surface area (TPSA) is 51.6 Å². The van der Waals surface area contributed by atoms with E-state index in [4.69, 9.17) is 9.47 Å². The van der Waals surface area contributed by atoms with Gasteiger partial charge < -0.3 is 14.6 Å². The molecule has 0 atom stereocenters. The summed E-state index contributed by atoms with van der Waals surface area (Å²) in [4.78, 5) is 4.15. The van der Waals surface area contributed by atoms with Crippen LogP contribution in [0.15, 0.2) is 12.3 Å². The van der Waals surface area contributed by atoms with Crippen LogP contribution in [-0.4, -0.2) is 29.9 Å². The van der Waals surface area contributed by atoms with E-state index in [1.807, 2.05) is 13.0 Å². The molecule has 0 saturated carbocycles. The van der Waals surface area contributed by atoms with Crippen molar-refractivity contribution >= 4 is 0 Å². The number of aliphatic hydroxyl groups excluding tert-OH is 1. The number of hydrogen-bond donors (Lipinski definition) is 1. The smallest absolute Gasteiger partial charge is 0.128 e. The van der Waals surface area contributed by atoms with Crippen molar-refractivity contribution in [1.29, 1.82) is 0 Å². The predicted octanol–water partition coefficient (Wildman–Crippen LogP) is 1.69. The fourth-order valence-electron chi connectivity index (χ4n) is 1.94. The molecule has 1 N–H and O–H groups in total. The Bertz CT molecular complexity index is 362. The molecule has 1 aromatic heterocycles. The molecular weight excluding hydrogens is 218 g/mol. The number of pyridine rings is 1. The monoisotopic (exact) mass is 237 g/mol. The molecule has 1 aliphatic heterocycles. The van der Waals surface area contributed by atoms with Crippen molar-refractivity contribution < 1.29 is 14.6 Å². The van der Waals surface area contributed by atoms with E-state index >= 15 is 0 Å². The minimum atomic E-state index is -0.0314. The summed E-state index contributed by atoms with van der Waals surface area (Å²) in [5, 5.41) is 9.21. The lowest BCUT2D eigenvalue weighted by Crippen LogP contribution is -2.21. The summed E-state index contributed by atoms with van der Waals surface area (Å²) in [6, 6.07) is 1.88. The van der Waals surface area contributed by atoms with E-state index in [0.29, 0.717) is 12.5 Å². The van der Waals surface area contributed by atoms with Crippen LogP contribution in [0.25, 0.3) is 0 Å². The maximum atomic E-state index is 9.21. The van der Waals surface area contributed by atoms with Crippen LogP contribution in [0.2, 0.25) is 0 Å². The summed E-state index contributed by atoms with van der Waals surface area (Å²) in [7, 11) is 0. The third kappa shape index (κ3) is 3.41. The standard InChI is InChI=1S/C13H19NO3/c1-10-6-13(12(8-15)7-14-10)17-9-11-2-4-16-5-3-11/h6-7,11,15H,2-5,8-9H2,1H3. The van der Waals surface area contributed by atoms with Crippen LogP contribution in [0.3, 0.4) is 0 Å². The van der Waals surface area contributed by atoms with E-state index in [9.17, 15) is 5.11 Å². The van der Waals surface area contributed by atoms with Gasteiger partial charge in [0.15, 0.2) is 0 Å². The first-order valence-corrected chi connectivity index (χ1v) is 6.06. The zero-order valence-corrected chi connectivity index (χ0v) is 10.2. The number of rotatable bonds is 4. The molecule has 0 amide bonds. The lowest BCUT2D eigenvalue weighted by atomic mass is 10.0. The van der Waals surface area contributed by atoms with Gasteiger partial charge in [-0.25, -0.2) is 0 Å². The van der Waals surface area contributed by atoms with Crippen LogP contribution >= 0.6 is 0 Å². The van der Waals surface area contributed by atoms with Gasteiger partial charge in [0.2, 0.25) is 0 Å². The van der Waals surface area contributed by atoms with E-state index < -0.39 is 0 Å². The normalized spacial score (nSPS) is 17.1. The van der Waals surface area contributed by atoms with Gasteiger partial charge in [0.05, 0.1) is 13.2 Å². The van der Waals surface area contributed by atoms with E-state index in [0.717, 1.165) is 43.1 Å². The van der Waals surface area contributed by atoms with Gasteiger partial charge in [-0.3, -0.25) is 4.98 Å². The third-order valence-electron chi connectivity index (χ3n) is 3.07. The Balaban J connectivity index is 1.95. The molecule has 0 spiro atoms. The number of nitrogens with zero attached hydrogens (tertiary/aromatic N) is 1. The molecule has 0 radical (unpaired) electrons. The maximum Gasteiger partial charge on any atom is 0.128 e. The first-order chi connectivity index (χ1) is 8.29. The van der Waals surface area contributed by atoms with Crippen molar-refractivity contribution in [2.24, 2.45) is 5.92 Å². The Hall–Kier alpha value is -1.13. The second-order valence-corrected chi connectivity index (χ2v) is 4.46. The van der Waals surface area contributed by atoms with Gasteiger partial charge in [-0.05, 0) is 25.7 Å². The quantitative estimate of drug-likeness (QED) is 0.865. The summed E-state index contributed by atoms with van der Waals surface area (Å²) in [5.41, 5.74) is 1.66. The molecule has 2 heterocycles. The molecular formula is C13H19NO3. The summed E-state index contributed by atoms with van der Waals surface area (Å²) >= 11 is 0. The highest BCUT2D eigenvalue weighted by molar-refractivity contribution is 5.32. The van der Waals surface area contributed by atoms with Gasteiger partial charge in [-0.15, -0.1) is 0 Å². The van der Waals surface area contributed by atoms with Crippen LogP contribution in [-0.2, 0) is 11.3 Å². The largest absolute Gasteiger partial charge is 0.493 e. The van der Waals surface area contributed by atoms with E-state index in [1.54, 1.807) is 6.20 Å². The molecule has 1 saturated heterocycles. The van der Waals surface area contributed by atoms with Gasteiger partial charge >= 0.3 is 0 Å². The minimum absolute atomic E-state index is 0.0314. The summed E-state index contributed by atoms with van der Waals surface area (Å²) in [5.74, 6) is 1.32. The van der Waals surface area contributed by atoms with Crippen molar-refractivity contribution in [3.05, 3.63) is 23.5 Å². The second-order valence-electron chi connectivity index (χ2n) is 4.46. The molecule has 4 nitrogen and oxygen atoms in total. The van der Waals surface area contributed by atoms with Crippen LogP contribution in [0.1, 0.15) is 24.1 Å². The second kappa shape index (κ2) is 5.98. The molecule has 17 heavy (non-hydrogen) atoms. The highest BCUT2D eigenvalue weighted by atomic mass is 16.5. The van der Waals surface area contributed by atoms with E-state index in [1.165, 1.54) is 0 Å². The molecule has 0 unspecified atom stereocenters.